The van der Waals surface area contributed by atoms with Gasteiger partial charge >= 0.3 is 0 Å². The molecule has 0 aromatic heterocycles. The highest BCUT2D eigenvalue weighted by Gasteiger charge is 2.29. The Morgan fingerprint density at radius 2 is 2.10 bits per heavy atom. The summed E-state index contributed by atoms with van der Waals surface area (Å²) in [6.45, 7) is 0. The number of nitrogens with zero attached hydrogens (tertiary/aromatic N) is 1. The number of carbonyl (C=O) groups excluding carboxylic acids is 1. The monoisotopic (exact) mass is 289 g/mol. The average Bonchev–Trinajstić information content (AvgIpc) is 2.76. The van der Waals surface area contributed by atoms with E-state index in [0.29, 0.717) is 40.1 Å². The molecule has 0 heterocycles. The van der Waals surface area contributed by atoms with Crippen LogP contribution in [0.1, 0.15) is 30.0 Å². The molecule has 2 rings (SSSR count). The Morgan fingerprint density at radius 3 is 2.60 bits per heavy atom. The van der Waals surface area contributed by atoms with E-state index in [0.717, 1.165) is 0 Å². The fraction of sp³-hybridized carbons (Fsp3) is 0.286. The van der Waals surface area contributed by atoms with Gasteiger partial charge in [0.1, 0.15) is 0 Å². The van der Waals surface area contributed by atoms with Crippen LogP contribution in [0, 0.1) is 11.3 Å². The largest absolute Gasteiger partial charge is 0.402 e. The van der Waals surface area contributed by atoms with Gasteiger partial charge in [0, 0.05) is 28.8 Å². The molecule has 2 atom stereocenters. The fourth-order valence-corrected chi connectivity index (χ4v) is 3.15. The van der Waals surface area contributed by atoms with Crippen molar-refractivity contribution in [2.45, 2.75) is 23.8 Å². The molecule has 0 radical (unpaired) electrons. The van der Waals surface area contributed by atoms with Crippen LogP contribution in [0.3, 0.4) is 0 Å². The Hall–Kier alpha value is -1.97. The quantitative estimate of drug-likeness (QED) is 0.858. The van der Waals surface area contributed by atoms with Crippen LogP contribution in [0.5, 0.6) is 0 Å². The molecular formula is C14H15N3O2S. The highest BCUT2D eigenvalue weighted by atomic mass is 32.2. The first-order valence-corrected chi connectivity index (χ1v) is 7.66. The van der Waals surface area contributed by atoms with E-state index in [1.54, 1.807) is 18.2 Å². The molecule has 5 nitrogen and oxygen atoms in total. The highest BCUT2D eigenvalue weighted by molar-refractivity contribution is 7.84. The zero-order valence-electron chi connectivity index (χ0n) is 11.1. The smallest absolute Gasteiger partial charge is 0.162 e. The molecule has 20 heavy (non-hydrogen) atoms. The molecule has 0 fully saturated rings. The van der Waals surface area contributed by atoms with E-state index in [2.05, 4.69) is 0 Å². The molecule has 1 aliphatic rings. The van der Waals surface area contributed by atoms with Crippen molar-refractivity contribution < 1.29 is 9.00 Å². The number of nitrogens with two attached hydrogens (primary N) is 2. The molecule has 1 aromatic carbocycles. The van der Waals surface area contributed by atoms with Crippen molar-refractivity contribution in [1.82, 2.24) is 0 Å². The van der Waals surface area contributed by atoms with E-state index in [1.807, 2.05) is 6.07 Å². The molecule has 0 bridgehead atoms. The van der Waals surface area contributed by atoms with Gasteiger partial charge in [-0.15, -0.1) is 0 Å². The Kier molecular flexibility index (Phi) is 4.02. The predicted molar refractivity (Wildman–Crippen MR) is 75.9 cm³/mol. The number of hydrogen-bond donors (Lipinski definition) is 2. The van der Waals surface area contributed by atoms with Crippen molar-refractivity contribution in [1.29, 1.82) is 5.26 Å². The molecule has 0 aliphatic heterocycles. The lowest BCUT2D eigenvalue weighted by Crippen LogP contribution is -2.21. The van der Waals surface area contributed by atoms with Gasteiger partial charge in [-0.2, -0.15) is 5.26 Å². The number of Topliss-reactive ketones (excluding diaryl/α,β-unsaturated/α-hetero) is 1. The number of rotatable bonds is 3. The number of ketones is 1. The van der Waals surface area contributed by atoms with Crippen LogP contribution in [0.2, 0.25) is 0 Å². The summed E-state index contributed by atoms with van der Waals surface area (Å²) in [5.74, 6) is -0.0628. The average molecular weight is 289 g/mol. The first-order chi connectivity index (χ1) is 9.45. The second-order valence-electron chi connectivity index (χ2n) is 4.66. The lowest BCUT2D eigenvalue weighted by atomic mass is 9.96. The molecule has 4 N–H and O–H groups in total. The van der Waals surface area contributed by atoms with Gasteiger partial charge in [-0.3, -0.25) is 9.00 Å². The predicted octanol–water partition coefficient (Wildman–Crippen LogP) is 0.871. The van der Waals surface area contributed by atoms with Crippen molar-refractivity contribution in [3.8, 4) is 6.07 Å². The molecule has 0 saturated carbocycles. The van der Waals surface area contributed by atoms with Crippen LogP contribution < -0.4 is 11.5 Å². The number of carbonyl (C=O) groups is 1. The lowest BCUT2D eigenvalue weighted by Gasteiger charge is -2.17. The minimum atomic E-state index is -1.30. The van der Waals surface area contributed by atoms with E-state index >= 15 is 0 Å². The molecule has 1 unspecified atom stereocenters. The summed E-state index contributed by atoms with van der Waals surface area (Å²) < 4.78 is 11.8. The van der Waals surface area contributed by atoms with Gasteiger partial charge in [-0.1, -0.05) is 6.07 Å². The van der Waals surface area contributed by atoms with E-state index in [-0.39, 0.29) is 5.78 Å². The number of benzene rings is 1. The Balaban J connectivity index is 2.53. The Labute approximate surface area is 119 Å². The third-order valence-electron chi connectivity index (χ3n) is 3.37. The van der Waals surface area contributed by atoms with Gasteiger partial charge in [-0.25, -0.2) is 0 Å². The summed E-state index contributed by atoms with van der Waals surface area (Å²) in [6.07, 6.45) is 2.40. The maximum Gasteiger partial charge on any atom is 0.162 e. The number of allylic oxidation sites excluding steroid dienone is 1. The molecule has 0 saturated heterocycles. The zero-order chi connectivity index (χ0) is 14.9. The van der Waals surface area contributed by atoms with Crippen LogP contribution in [0.25, 0.3) is 0 Å². The maximum atomic E-state index is 11.9. The van der Waals surface area contributed by atoms with E-state index < -0.39 is 16.8 Å². The minimum absolute atomic E-state index is 0.0628. The fourth-order valence-electron chi connectivity index (χ4n) is 2.34. The van der Waals surface area contributed by atoms with Gasteiger partial charge in [0.05, 0.1) is 28.5 Å². The van der Waals surface area contributed by atoms with Gasteiger partial charge < -0.3 is 11.5 Å². The third-order valence-corrected chi connectivity index (χ3v) is 4.34. The highest BCUT2D eigenvalue weighted by Crippen LogP contribution is 2.32. The summed E-state index contributed by atoms with van der Waals surface area (Å²) in [5.41, 5.74) is 13.9. The topological polar surface area (TPSA) is 110 Å². The Bertz CT molecular complexity index is 673. The molecular weight excluding hydrogens is 274 g/mol. The van der Waals surface area contributed by atoms with Gasteiger partial charge in [-0.05, 0) is 24.1 Å². The third kappa shape index (κ3) is 2.50. The van der Waals surface area contributed by atoms with Crippen molar-refractivity contribution in [3.05, 3.63) is 40.6 Å². The van der Waals surface area contributed by atoms with E-state index in [4.69, 9.17) is 16.7 Å². The Morgan fingerprint density at radius 1 is 1.40 bits per heavy atom. The van der Waals surface area contributed by atoms with Crippen molar-refractivity contribution in [3.63, 3.8) is 0 Å². The molecule has 1 aliphatic carbocycles. The summed E-state index contributed by atoms with van der Waals surface area (Å²) in [7, 11) is -1.30. The van der Waals surface area contributed by atoms with Crippen LogP contribution >= 0.6 is 0 Å². The van der Waals surface area contributed by atoms with Crippen LogP contribution in [-0.2, 0) is 15.6 Å². The van der Waals surface area contributed by atoms with Crippen molar-refractivity contribution >= 4 is 16.6 Å². The molecule has 0 spiro atoms. The second-order valence-corrected chi connectivity index (χ2v) is 6.01. The molecule has 0 amide bonds. The van der Waals surface area contributed by atoms with Crippen molar-refractivity contribution in [2.24, 2.45) is 11.5 Å². The number of nitriles is 1. The van der Waals surface area contributed by atoms with Crippen LogP contribution in [0.4, 0.5) is 0 Å². The summed E-state index contributed by atoms with van der Waals surface area (Å²) in [5, 5.41) is 8.91. The second kappa shape index (κ2) is 5.57. The summed E-state index contributed by atoms with van der Waals surface area (Å²) >= 11 is 0. The standard InChI is InChI=1S/C14H15N3O2S/c1-20(19)12-6-8(7-15)2-3-9(12)14(17)13-10(16)4-5-11(13)18/h2-3,6,14H,4-5,16-17H2,1H3/t14-,20?/m1/s1. The van der Waals surface area contributed by atoms with Crippen molar-refractivity contribution in [2.75, 3.05) is 6.26 Å². The minimum Gasteiger partial charge on any atom is -0.402 e. The van der Waals surface area contributed by atoms with Gasteiger partial charge in [0.2, 0.25) is 0 Å². The first-order valence-electron chi connectivity index (χ1n) is 6.10. The molecule has 104 valence electrons. The van der Waals surface area contributed by atoms with Crippen LogP contribution in [-0.4, -0.2) is 16.2 Å². The zero-order valence-corrected chi connectivity index (χ0v) is 11.9. The maximum absolute atomic E-state index is 11.9. The SMILES string of the molecule is CS(=O)c1cc(C#N)ccc1[C@@H](N)C1=C(N)CCC1=O. The normalized spacial score (nSPS) is 17.9. The van der Waals surface area contributed by atoms with Gasteiger partial charge in [0.25, 0.3) is 0 Å². The summed E-state index contributed by atoms with van der Waals surface area (Å²) in [6, 6.07) is 6.09. The van der Waals surface area contributed by atoms with Crippen LogP contribution in [0.15, 0.2) is 34.4 Å². The lowest BCUT2D eigenvalue weighted by molar-refractivity contribution is -0.115. The summed E-state index contributed by atoms with van der Waals surface area (Å²) in [4.78, 5) is 12.3. The molecule has 1 aromatic rings. The first kappa shape index (κ1) is 14.4. The van der Waals surface area contributed by atoms with Gasteiger partial charge in [0.15, 0.2) is 5.78 Å². The molecule has 6 heteroatoms. The van der Waals surface area contributed by atoms with E-state index in [9.17, 15) is 9.00 Å². The number of hydrogen-bond acceptors (Lipinski definition) is 5. The van der Waals surface area contributed by atoms with E-state index in [1.165, 1.54) is 6.26 Å².